The first kappa shape index (κ1) is 20.4. The van der Waals surface area contributed by atoms with Crippen molar-refractivity contribution in [1.29, 1.82) is 0 Å². The highest BCUT2D eigenvalue weighted by atomic mass is 19.1. The number of hydrogen-bond acceptors (Lipinski definition) is 4. The van der Waals surface area contributed by atoms with Crippen molar-refractivity contribution in [1.82, 2.24) is 4.90 Å². The number of benzene rings is 1. The fourth-order valence-electron chi connectivity index (χ4n) is 3.30. The van der Waals surface area contributed by atoms with Gasteiger partial charge in [-0.05, 0) is 75.8 Å². The Balaban J connectivity index is 1.53. The van der Waals surface area contributed by atoms with Crippen LogP contribution in [0.4, 0.5) is 4.39 Å². The van der Waals surface area contributed by atoms with Crippen LogP contribution < -0.4 is 4.74 Å². The molecule has 3 rings (SSSR count). The third-order valence-electron chi connectivity index (χ3n) is 4.83. The third-order valence-corrected chi connectivity index (χ3v) is 4.83. The van der Waals surface area contributed by atoms with Gasteiger partial charge < -0.3 is 14.4 Å². The Labute approximate surface area is 165 Å². The number of rotatable bonds is 7. The lowest BCUT2D eigenvalue weighted by atomic mass is 9.98. The van der Waals surface area contributed by atoms with Crippen LogP contribution in [0.3, 0.4) is 0 Å². The van der Waals surface area contributed by atoms with Crippen LogP contribution >= 0.6 is 0 Å². The van der Waals surface area contributed by atoms with Gasteiger partial charge in [-0.1, -0.05) is 0 Å². The first-order valence-electron chi connectivity index (χ1n) is 9.83. The number of amides is 1. The van der Waals surface area contributed by atoms with E-state index in [0.29, 0.717) is 23.7 Å². The van der Waals surface area contributed by atoms with Gasteiger partial charge in [0.1, 0.15) is 18.0 Å². The smallest absolute Gasteiger partial charge is 0.306 e. The van der Waals surface area contributed by atoms with Crippen LogP contribution in [0.5, 0.6) is 5.75 Å². The van der Waals surface area contributed by atoms with E-state index in [4.69, 9.17) is 9.47 Å². The van der Waals surface area contributed by atoms with Crippen molar-refractivity contribution in [2.24, 2.45) is 0 Å². The van der Waals surface area contributed by atoms with Crippen molar-refractivity contribution < 1.29 is 23.5 Å². The molecular formula is C22H28FNO4. The second-order valence-corrected chi connectivity index (χ2v) is 8.44. The molecule has 0 aromatic heterocycles. The Kier molecular flexibility index (Phi) is 6.06. The van der Waals surface area contributed by atoms with Crippen LogP contribution in [0.25, 0.3) is 0 Å². The van der Waals surface area contributed by atoms with Crippen LogP contribution in [0, 0.1) is 0 Å². The lowest BCUT2D eigenvalue weighted by Crippen LogP contribution is -2.39. The molecule has 0 unspecified atom stereocenters. The molecule has 1 amide bonds. The lowest BCUT2D eigenvalue weighted by molar-refractivity contribution is -0.154. The maximum atomic E-state index is 13.2. The van der Waals surface area contributed by atoms with E-state index in [1.165, 1.54) is 0 Å². The van der Waals surface area contributed by atoms with E-state index in [-0.39, 0.29) is 31.3 Å². The fraction of sp³-hybridized carbons (Fsp3) is 0.545. The van der Waals surface area contributed by atoms with E-state index < -0.39 is 5.60 Å². The van der Waals surface area contributed by atoms with E-state index in [1.54, 1.807) is 32.9 Å². The van der Waals surface area contributed by atoms with Gasteiger partial charge in [0.05, 0.1) is 6.33 Å². The summed E-state index contributed by atoms with van der Waals surface area (Å²) in [6.07, 6.45) is 3.84. The van der Waals surface area contributed by atoms with Gasteiger partial charge >= 0.3 is 5.97 Å². The summed E-state index contributed by atoms with van der Waals surface area (Å²) in [5, 5.41) is 0. The van der Waals surface area contributed by atoms with Crippen molar-refractivity contribution in [3.63, 3.8) is 0 Å². The molecule has 1 heterocycles. The van der Waals surface area contributed by atoms with Gasteiger partial charge in [-0.3, -0.25) is 9.59 Å². The zero-order valence-corrected chi connectivity index (χ0v) is 16.8. The number of esters is 1. The molecular weight excluding hydrogens is 361 g/mol. The van der Waals surface area contributed by atoms with E-state index in [1.807, 2.05) is 11.0 Å². The summed E-state index contributed by atoms with van der Waals surface area (Å²) in [7, 11) is 0. The molecule has 6 heteroatoms. The first-order valence-corrected chi connectivity index (χ1v) is 9.83. The average Bonchev–Trinajstić information content (AvgIpc) is 3.45. The second kappa shape index (κ2) is 8.33. The summed E-state index contributed by atoms with van der Waals surface area (Å²) in [5.41, 5.74) is 1.54. The van der Waals surface area contributed by atoms with Gasteiger partial charge in [-0.25, -0.2) is 4.39 Å². The van der Waals surface area contributed by atoms with E-state index in [0.717, 1.165) is 36.9 Å². The summed E-state index contributed by atoms with van der Waals surface area (Å²) in [4.78, 5) is 26.3. The maximum Gasteiger partial charge on any atom is 0.306 e. The molecule has 1 aromatic carbocycles. The molecule has 1 fully saturated rings. The standard InChI is InChI=1S/C22H28FNO4/c1-22(2,3)28-20(25)9-4-15(13-23)14-27-18-7-8-19-16(12-18)10-11-24(21(19)26)17-5-6-17/h7-8,12-13,17H,4-6,9-11,14H2,1-3H3/b15-13-. The minimum atomic E-state index is -0.553. The molecule has 2 aliphatic rings. The summed E-state index contributed by atoms with van der Waals surface area (Å²) in [5.74, 6) is 0.333. The zero-order chi connectivity index (χ0) is 20.3. The highest BCUT2D eigenvalue weighted by Crippen LogP contribution is 2.32. The van der Waals surface area contributed by atoms with Crippen molar-refractivity contribution >= 4 is 11.9 Å². The number of nitrogens with zero attached hydrogens (tertiary/aromatic N) is 1. The number of fused-ring (bicyclic) bond motifs is 1. The molecule has 0 atom stereocenters. The lowest BCUT2D eigenvalue weighted by Gasteiger charge is -2.28. The normalized spacial score (nSPS) is 17.4. The minimum Gasteiger partial charge on any atom is -0.489 e. The molecule has 1 aliphatic carbocycles. The van der Waals surface area contributed by atoms with Crippen LogP contribution in [0.15, 0.2) is 30.1 Å². The van der Waals surface area contributed by atoms with Gasteiger partial charge in [0.2, 0.25) is 0 Å². The van der Waals surface area contributed by atoms with E-state index in [2.05, 4.69) is 0 Å². The quantitative estimate of drug-likeness (QED) is 0.656. The molecule has 0 bridgehead atoms. The van der Waals surface area contributed by atoms with E-state index >= 15 is 0 Å². The largest absolute Gasteiger partial charge is 0.489 e. The average molecular weight is 389 g/mol. The maximum absolute atomic E-state index is 13.2. The predicted octanol–water partition coefficient (Wildman–Crippen LogP) is 4.20. The Morgan fingerprint density at radius 1 is 1.29 bits per heavy atom. The highest BCUT2D eigenvalue weighted by Gasteiger charge is 2.35. The second-order valence-electron chi connectivity index (χ2n) is 8.44. The predicted molar refractivity (Wildman–Crippen MR) is 104 cm³/mol. The fourth-order valence-corrected chi connectivity index (χ4v) is 3.30. The van der Waals surface area contributed by atoms with Crippen molar-refractivity contribution in [2.45, 2.75) is 64.5 Å². The van der Waals surface area contributed by atoms with Crippen molar-refractivity contribution in [2.75, 3.05) is 13.2 Å². The minimum absolute atomic E-state index is 0.0558. The number of carbonyl (C=O) groups excluding carboxylic acids is 2. The first-order chi connectivity index (χ1) is 13.3. The van der Waals surface area contributed by atoms with Crippen molar-refractivity contribution in [3.05, 3.63) is 41.2 Å². The van der Waals surface area contributed by atoms with Gasteiger partial charge in [-0.15, -0.1) is 0 Å². The van der Waals surface area contributed by atoms with Gasteiger partial charge in [0.25, 0.3) is 5.91 Å². The van der Waals surface area contributed by atoms with Crippen molar-refractivity contribution in [3.8, 4) is 5.75 Å². The van der Waals surface area contributed by atoms with E-state index in [9.17, 15) is 14.0 Å². The monoisotopic (exact) mass is 389 g/mol. The van der Waals surface area contributed by atoms with Crippen LogP contribution in [-0.4, -0.2) is 41.6 Å². The topological polar surface area (TPSA) is 55.8 Å². The van der Waals surface area contributed by atoms with Gasteiger partial charge in [0.15, 0.2) is 0 Å². The summed E-state index contributed by atoms with van der Waals surface area (Å²) in [6.45, 7) is 6.19. The molecule has 0 spiro atoms. The number of ether oxygens (including phenoxy) is 2. The van der Waals surface area contributed by atoms with Crippen LogP contribution in [0.2, 0.25) is 0 Å². The number of halogens is 1. The Morgan fingerprint density at radius 2 is 2.04 bits per heavy atom. The summed E-state index contributed by atoms with van der Waals surface area (Å²) < 4.78 is 24.1. The highest BCUT2D eigenvalue weighted by molar-refractivity contribution is 5.97. The SMILES string of the molecule is CC(C)(C)OC(=O)CC/C(=C/F)COc1ccc2c(c1)CCN(C1CC1)C2=O. The Bertz CT molecular complexity index is 777. The van der Waals surface area contributed by atoms with Crippen LogP contribution in [0.1, 0.15) is 62.4 Å². The molecule has 0 N–H and O–H groups in total. The summed E-state index contributed by atoms with van der Waals surface area (Å²) in [6, 6.07) is 5.82. The van der Waals surface area contributed by atoms with Crippen LogP contribution in [-0.2, 0) is 16.0 Å². The molecule has 0 saturated heterocycles. The molecule has 5 nitrogen and oxygen atoms in total. The molecule has 0 radical (unpaired) electrons. The summed E-state index contributed by atoms with van der Waals surface area (Å²) >= 11 is 0. The molecule has 1 aromatic rings. The number of hydrogen-bond donors (Lipinski definition) is 0. The Morgan fingerprint density at radius 3 is 2.68 bits per heavy atom. The molecule has 152 valence electrons. The molecule has 1 aliphatic heterocycles. The Hall–Kier alpha value is -2.37. The number of carbonyl (C=O) groups is 2. The van der Waals surface area contributed by atoms with Gasteiger partial charge in [-0.2, -0.15) is 0 Å². The van der Waals surface area contributed by atoms with Gasteiger partial charge in [0, 0.05) is 24.6 Å². The molecule has 28 heavy (non-hydrogen) atoms. The zero-order valence-electron chi connectivity index (χ0n) is 16.8. The third kappa shape index (κ3) is 5.33. The molecule has 1 saturated carbocycles.